The lowest BCUT2D eigenvalue weighted by Crippen LogP contribution is -2.34. The third kappa shape index (κ3) is 4.81. The van der Waals surface area contributed by atoms with Crippen LogP contribution in [0.5, 0.6) is 0 Å². The zero-order valence-electron chi connectivity index (χ0n) is 10.9. The van der Waals surface area contributed by atoms with Crippen LogP contribution in [-0.4, -0.2) is 34.3 Å². The van der Waals surface area contributed by atoms with Gasteiger partial charge in [-0.3, -0.25) is 4.90 Å². The maximum atomic E-state index is 9.07. The summed E-state index contributed by atoms with van der Waals surface area (Å²) in [6.45, 7) is 9.56. The van der Waals surface area contributed by atoms with Gasteiger partial charge in [0.05, 0.1) is 6.61 Å². The lowest BCUT2D eigenvalue weighted by Gasteiger charge is -2.29. The number of nitrogens with zero attached hydrogens (tertiary/aromatic N) is 2. The standard InChI is InChI=1S/C13H24N2O/c1-13(2,3)11-15(7-8-16)10-12-5-6-14(4)9-12/h5-6,9,16H,7-8,10-11H2,1-4H3. The summed E-state index contributed by atoms with van der Waals surface area (Å²) in [5.41, 5.74) is 1.57. The van der Waals surface area contributed by atoms with Gasteiger partial charge in [0.2, 0.25) is 0 Å². The molecule has 0 aliphatic heterocycles. The van der Waals surface area contributed by atoms with Crippen molar-refractivity contribution in [3.63, 3.8) is 0 Å². The van der Waals surface area contributed by atoms with Crippen molar-refractivity contribution < 1.29 is 5.11 Å². The average Bonchev–Trinajstić information content (AvgIpc) is 2.48. The molecule has 0 saturated carbocycles. The zero-order chi connectivity index (χ0) is 12.2. The molecule has 0 radical (unpaired) electrons. The Morgan fingerprint density at radius 2 is 2.06 bits per heavy atom. The van der Waals surface area contributed by atoms with Crippen molar-refractivity contribution in [2.45, 2.75) is 27.3 Å². The molecular formula is C13H24N2O. The van der Waals surface area contributed by atoms with Crippen LogP contribution in [0, 0.1) is 5.41 Å². The van der Waals surface area contributed by atoms with Crippen molar-refractivity contribution in [2.75, 3.05) is 19.7 Å². The van der Waals surface area contributed by atoms with Gasteiger partial charge >= 0.3 is 0 Å². The Balaban J connectivity index is 2.57. The van der Waals surface area contributed by atoms with Crippen molar-refractivity contribution in [2.24, 2.45) is 12.5 Å². The maximum absolute atomic E-state index is 9.07. The van der Waals surface area contributed by atoms with Crippen molar-refractivity contribution in [3.8, 4) is 0 Å². The first-order valence-corrected chi connectivity index (χ1v) is 5.85. The molecule has 1 heterocycles. The van der Waals surface area contributed by atoms with E-state index in [-0.39, 0.29) is 12.0 Å². The van der Waals surface area contributed by atoms with Gasteiger partial charge in [0.1, 0.15) is 0 Å². The number of rotatable bonds is 5. The molecule has 0 aliphatic carbocycles. The summed E-state index contributed by atoms with van der Waals surface area (Å²) in [6.07, 6.45) is 4.19. The van der Waals surface area contributed by atoms with E-state index in [0.717, 1.165) is 19.6 Å². The predicted molar refractivity (Wildman–Crippen MR) is 67.2 cm³/mol. The van der Waals surface area contributed by atoms with E-state index in [1.165, 1.54) is 5.56 Å². The SMILES string of the molecule is Cn1ccc(CN(CCO)CC(C)(C)C)c1. The summed E-state index contributed by atoms with van der Waals surface area (Å²) in [6, 6.07) is 2.13. The molecule has 0 atom stereocenters. The zero-order valence-corrected chi connectivity index (χ0v) is 10.9. The monoisotopic (exact) mass is 224 g/mol. The molecule has 0 aromatic carbocycles. The first-order valence-electron chi connectivity index (χ1n) is 5.85. The highest BCUT2D eigenvalue weighted by atomic mass is 16.3. The Labute approximate surface area is 98.7 Å². The fourth-order valence-electron chi connectivity index (χ4n) is 1.94. The number of aromatic nitrogens is 1. The fraction of sp³-hybridized carbons (Fsp3) is 0.692. The minimum absolute atomic E-state index is 0.225. The maximum Gasteiger partial charge on any atom is 0.0558 e. The fourth-order valence-corrected chi connectivity index (χ4v) is 1.94. The molecule has 1 N–H and O–H groups in total. The van der Waals surface area contributed by atoms with E-state index < -0.39 is 0 Å². The third-order valence-corrected chi connectivity index (χ3v) is 2.41. The van der Waals surface area contributed by atoms with Gasteiger partial charge in [-0.1, -0.05) is 20.8 Å². The molecule has 0 saturated heterocycles. The van der Waals surface area contributed by atoms with Crippen molar-refractivity contribution >= 4 is 0 Å². The molecule has 0 amide bonds. The number of aliphatic hydroxyl groups excluding tert-OH is 1. The van der Waals surface area contributed by atoms with Gasteiger partial charge in [-0.2, -0.15) is 0 Å². The van der Waals surface area contributed by atoms with Gasteiger partial charge in [0, 0.05) is 39.1 Å². The largest absolute Gasteiger partial charge is 0.395 e. The van der Waals surface area contributed by atoms with Gasteiger partial charge in [0.15, 0.2) is 0 Å². The summed E-state index contributed by atoms with van der Waals surface area (Å²) in [5, 5.41) is 9.07. The van der Waals surface area contributed by atoms with Crippen LogP contribution in [0.15, 0.2) is 18.5 Å². The number of aryl methyl sites for hydroxylation is 1. The van der Waals surface area contributed by atoms with E-state index in [2.05, 4.69) is 48.7 Å². The van der Waals surface area contributed by atoms with Crippen LogP contribution in [0.1, 0.15) is 26.3 Å². The lowest BCUT2D eigenvalue weighted by molar-refractivity contribution is 0.146. The summed E-state index contributed by atoms with van der Waals surface area (Å²) in [5.74, 6) is 0. The molecule has 92 valence electrons. The Morgan fingerprint density at radius 3 is 2.50 bits per heavy atom. The van der Waals surface area contributed by atoms with E-state index in [9.17, 15) is 0 Å². The Hall–Kier alpha value is -0.800. The van der Waals surface area contributed by atoms with Crippen molar-refractivity contribution in [1.29, 1.82) is 0 Å². The highest BCUT2D eigenvalue weighted by molar-refractivity contribution is 5.09. The minimum atomic E-state index is 0.225. The number of hydrogen-bond donors (Lipinski definition) is 1. The second-order valence-corrected chi connectivity index (χ2v) is 5.68. The van der Waals surface area contributed by atoms with Crippen LogP contribution in [0.2, 0.25) is 0 Å². The minimum Gasteiger partial charge on any atom is -0.395 e. The first kappa shape index (κ1) is 13.3. The molecular weight excluding hydrogens is 200 g/mol. The third-order valence-electron chi connectivity index (χ3n) is 2.41. The van der Waals surface area contributed by atoms with Crippen LogP contribution in [0.4, 0.5) is 0 Å². The molecule has 0 fully saturated rings. The van der Waals surface area contributed by atoms with E-state index in [1.807, 2.05) is 7.05 Å². The molecule has 1 rings (SSSR count). The van der Waals surface area contributed by atoms with Crippen LogP contribution in [0.3, 0.4) is 0 Å². The van der Waals surface area contributed by atoms with E-state index in [1.54, 1.807) is 0 Å². The van der Waals surface area contributed by atoms with Crippen molar-refractivity contribution in [1.82, 2.24) is 9.47 Å². The van der Waals surface area contributed by atoms with Crippen LogP contribution >= 0.6 is 0 Å². The van der Waals surface area contributed by atoms with Gasteiger partial charge in [-0.05, 0) is 17.0 Å². The average molecular weight is 224 g/mol. The van der Waals surface area contributed by atoms with E-state index in [4.69, 9.17) is 5.11 Å². The Kier molecular flexibility index (Phi) is 4.56. The van der Waals surface area contributed by atoms with Crippen LogP contribution < -0.4 is 0 Å². The van der Waals surface area contributed by atoms with Crippen LogP contribution in [0.25, 0.3) is 0 Å². The smallest absolute Gasteiger partial charge is 0.0558 e. The second kappa shape index (κ2) is 5.51. The summed E-state index contributed by atoms with van der Waals surface area (Å²) in [4.78, 5) is 2.30. The molecule has 3 heteroatoms. The first-order chi connectivity index (χ1) is 7.40. The van der Waals surface area contributed by atoms with Gasteiger partial charge < -0.3 is 9.67 Å². The van der Waals surface area contributed by atoms with Gasteiger partial charge in [-0.25, -0.2) is 0 Å². The van der Waals surface area contributed by atoms with Crippen molar-refractivity contribution in [3.05, 3.63) is 24.0 Å². The highest BCUT2D eigenvalue weighted by Gasteiger charge is 2.16. The molecule has 0 bridgehead atoms. The molecule has 1 aromatic heterocycles. The predicted octanol–water partition coefficient (Wildman–Crippen LogP) is 1.87. The number of aliphatic hydroxyl groups is 1. The lowest BCUT2D eigenvalue weighted by atomic mass is 9.96. The molecule has 1 aromatic rings. The summed E-state index contributed by atoms with van der Waals surface area (Å²) in [7, 11) is 2.03. The normalized spacial score (nSPS) is 12.4. The number of hydrogen-bond acceptors (Lipinski definition) is 2. The summed E-state index contributed by atoms with van der Waals surface area (Å²) >= 11 is 0. The van der Waals surface area contributed by atoms with E-state index in [0.29, 0.717) is 0 Å². The molecule has 0 unspecified atom stereocenters. The quantitative estimate of drug-likeness (QED) is 0.827. The van der Waals surface area contributed by atoms with Crippen LogP contribution in [-0.2, 0) is 13.6 Å². The Morgan fingerprint density at radius 1 is 1.38 bits per heavy atom. The molecule has 16 heavy (non-hydrogen) atoms. The van der Waals surface area contributed by atoms with E-state index >= 15 is 0 Å². The second-order valence-electron chi connectivity index (χ2n) is 5.68. The topological polar surface area (TPSA) is 28.4 Å². The summed E-state index contributed by atoms with van der Waals surface area (Å²) < 4.78 is 2.06. The Bertz CT molecular complexity index is 312. The van der Waals surface area contributed by atoms with Gasteiger partial charge in [-0.15, -0.1) is 0 Å². The van der Waals surface area contributed by atoms with Gasteiger partial charge in [0.25, 0.3) is 0 Å². The molecule has 0 aliphatic rings. The highest BCUT2D eigenvalue weighted by Crippen LogP contribution is 2.16. The molecule has 0 spiro atoms. The molecule has 3 nitrogen and oxygen atoms in total.